The Balaban J connectivity index is 2.16. The number of methoxy groups -OCH3 is 1. The van der Waals surface area contributed by atoms with Crippen molar-refractivity contribution in [2.45, 2.75) is 44.5 Å². The summed E-state index contributed by atoms with van der Waals surface area (Å²) in [5.74, 6) is 1.18. The maximum absolute atomic E-state index is 5.90. The molecule has 0 N–H and O–H groups in total. The predicted octanol–water partition coefficient (Wildman–Crippen LogP) is 2.57. The van der Waals surface area contributed by atoms with Crippen LogP contribution in [0.25, 0.3) is 0 Å². The van der Waals surface area contributed by atoms with Gasteiger partial charge < -0.3 is 4.74 Å². The lowest BCUT2D eigenvalue weighted by molar-refractivity contribution is 0.187. The normalized spacial score (nSPS) is 18.1. The van der Waals surface area contributed by atoms with Crippen LogP contribution in [0.3, 0.4) is 0 Å². The van der Waals surface area contributed by atoms with E-state index < -0.39 is 0 Å². The Morgan fingerprint density at radius 1 is 1.53 bits per heavy atom. The van der Waals surface area contributed by atoms with Crippen LogP contribution < -0.4 is 0 Å². The lowest BCUT2D eigenvalue weighted by Gasteiger charge is -2.32. The van der Waals surface area contributed by atoms with Gasteiger partial charge >= 0.3 is 0 Å². The van der Waals surface area contributed by atoms with Gasteiger partial charge in [-0.15, -0.1) is 16.7 Å². The summed E-state index contributed by atoms with van der Waals surface area (Å²) in [6.07, 6.45) is 4.80. The number of rotatable bonds is 6. The highest BCUT2D eigenvalue weighted by Crippen LogP contribution is 2.36. The van der Waals surface area contributed by atoms with E-state index in [9.17, 15) is 0 Å². The molecule has 17 heavy (non-hydrogen) atoms. The molecule has 1 unspecified atom stereocenters. The van der Waals surface area contributed by atoms with Gasteiger partial charge in [-0.05, 0) is 25.7 Å². The zero-order valence-corrected chi connectivity index (χ0v) is 11.3. The van der Waals surface area contributed by atoms with Crippen molar-refractivity contribution in [2.75, 3.05) is 13.7 Å². The van der Waals surface area contributed by atoms with Gasteiger partial charge in [0, 0.05) is 13.5 Å². The maximum Gasteiger partial charge on any atom is 0.101 e. The molecule has 4 nitrogen and oxygen atoms in total. The summed E-state index contributed by atoms with van der Waals surface area (Å²) in [6, 6.07) is 0.431. The molecule has 96 valence electrons. The van der Waals surface area contributed by atoms with Crippen molar-refractivity contribution in [3.05, 3.63) is 11.4 Å². The highest BCUT2D eigenvalue weighted by atomic mass is 35.5. The van der Waals surface area contributed by atoms with Crippen LogP contribution in [-0.4, -0.2) is 28.7 Å². The first-order valence-corrected chi connectivity index (χ1v) is 6.79. The lowest BCUT2D eigenvalue weighted by atomic mass is 9.80. The van der Waals surface area contributed by atoms with Crippen molar-refractivity contribution in [3.63, 3.8) is 0 Å². The fraction of sp³-hybridized carbons (Fsp3) is 0.833. The Kier molecular flexibility index (Phi) is 4.40. The Hall–Kier alpha value is -0.610. The summed E-state index contributed by atoms with van der Waals surface area (Å²) >= 11 is 5.90. The van der Waals surface area contributed by atoms with Crippen LogP contribution in [0.1, 0.15) is 43.6 Å². The summed E-state index contributed by atoms with van der Waals surface area (Å²) in [7, 11) is 1.71. The minimum absolute atomic E-state index is 0.427. The molecule has 0 bridgehead atoms. The van der Waals surface area contributed by atoms with Crippen LogP contribution >= 0.6 is 11.6 Å². The predicted molar refractivity (Wildman–Crippen MR) is 67.2 cm³/mol. The molecule has 1 aliphatic rings. The molecular formula is C12H20ClN3O. The molecule has 0 radical (unpaired) electrons. The van der Waals surface area contributed by atoms with E-state index in [0.717, 1.165) is 23.7 Å². The van der Waals surface area contributed by atoms with Gasteiger partial charge in [-0.25, -0.2) is 4.68 Å². The van der Waals surface area contributed by atoms with E-state index in [-0.39, 0.29) is 0 Å². The summed E-state index contributed by atoms with van der Waals surface area (Å²) in [5, 5.41) is 8.44. The Morgan fingerprint density at radius 2 is 2.29 bits per heavy atom. The molecule has 1 heterocycles. The van der Waals surface area contributed by atoms with Crippen LogP contribution in [0.4, 0.5) is 0 Å². The van der Waals surface area contributed by atoms with Crippen LogP contribution in [0.15, 0.2) is 0 Å². The lowest BCUT2D eigenvalue weighted by Crippen LogP contribution is -2.25. The molecule has 5 heteroatoms. The molecule has 1 atom stereocenters. The van der Waals surface area contributed by atoms with Crippen LogP contribution in [0, 0.1) is 5.92 Å². The van der Waals surface area contributed by atoms with E-state index in [2.05, 4.69) is 21.9 Å². The Labute approximate surface area is 107 Å². The molecule has 1 aromatic heterocycles. The third-order valence-corrected chi connectivity index (χ3v) is 4.01. The van der Waals surface area contributed by atoms with Gasteiger partial charge in [0.15, 0.2) is 0 Å². The van der Waals surface area contributed by atoms with E-state index in [1.807, 2.05) is 0 Å². The van der Waals surface area contributed by atoms with Crippen molar-refractivity contribution in [1.29, 1.82) is 0 Å². The van der Waals surface area contributed by atoms with Gasteiger partial charge in [0.1, 0.15) is 5.69 Å². The quantitative estimate of drug-likeness (QED) is 0.736. The van der Waals surface area contributed by atoms with Crippen LogP contribution in [-0.2, 0) is 17.0 Å². The van der Waals surface area contributed by atoms with Crippen molar-refractivity contribution >= 4 is 11.6 Å². The minimum atomic E-state index is 0.427. The van der Waals surface area contributed by atoms with Gasteiger partial charge in [-0.2, -0.15) is 0 Å². The Bertz CT molecular complexity index is 363. The second-order valence-corrected chi connectivity index (χ2v) is 5.00. The van der Waals surface area contributed by atoms with Gasteiger partial charge in [-0.1, -0.05) is 11.6 Å². The smallest absolute Gasteiger partial charge is 0.101 e. The molecule has 0 saturated heterocycles. The number of hydrogen-bond acceptors (Lipinski definition) is 3. The zero-order valence-electron chi connectivity index (χ0n) is 10.5. The van der Waals surface area contributed by atoms with Gasteiger partial charge in [0.05, 0.1) is 24.2 Å². The molecule has 1 fully saturated rings. The first-order valence-electron chi connectivity index (χ1n) is 6.25. The van der Waals surface area contributed by atoms with E-state index in [4.69, 9.17) is 16.3 Å². The number of aromatic nitrogens is 3. The molecular weight excluding hydrogens is 238 g/mol. The summed E-state index contributed by atoms with van der Waals surface area (Å²) < 4.78 is 7.19. The average Bonchev–Trinajstić information content (AvgIpc) is 2.66. The maximum atomic E-state index is 5.90. The highest BCUT2D eigenvalue weighted by molar-refractivity contribution is 6.16. The molecule has 2 rings (SSSR count). The van der Waals surface area contributed by atoms with Crippen LogP contribution in [0.5, 0.6) is 0 Å². The molecule has 0 aromatic carbocycles. The topological polar surface area (TPSA) is 39.9 Å². The third-order valence-electron chi connectivity index (χ3n) is 3.76. The van der Waals surface area contributed by atoms with Crippen molar-refractivity contribution < 1.29 is 4.74 Å². The third kappa shape index (κ3) is 2.63. The summed E-state index contributed by atoms with van der Waals surface area (Å²) in [5.41, 5.74) is 2.04. The minimum Gasteiger partial charge on any atom is -0.384 e. The first-order chi connectivity index (χ1) is 8.27. The second kappa shape index (κ2) is 5.83. The fourth-order valence-electron chi connectivity index (χ4n) is 2.36. The fourth-order valence-corrected chi connectivity index (χ4v) is 2.56. The van der Waals surface area contributed by atoms with Crippen molar-refractivity contribution in [2.24, 2.45) is 5.92 Å². The highest BCUT2D eigenvalue weighted by Gasteiger charge is 2.28. The largest absolute Gasteiger partial charge is 0.384 e. The molecule has 0 amide bonds. The SMILES string of the molecule is COCCc1c(CCl)nnn1C(C)C1CCC1. The zero-order chi connectivity index (χ0) is 12.3. The summed E-state index contributed by atoms with van der Waals surface area (Å²) in [4.78, 5) is 0. The van der Waals surface area contributed by atoms with Gasteiger partial charge in [0.2, 0.25) is 0 Å². The molecule has 0 spiro atoms. The van der Waals surface area contributed by atoms with Crippen molar-refractivity contribution in [3.8, 4) is 0 Å². The summed E-state index contributed by atoms with van der Waals surface area (Å²) in [6.45, 7) is 2.92. The number of hydrogen-bond donors (Lipinski definition) is 0. The van der Waals surface area contributed by atoms with E-state index >= 15 is 0 Å². The molecule has 1 aromatic rings. The number of ether oxygens (including phenoxy) is 1. The average molecular weight is 258 g/mol. The number of alkyl halides is 1. The first kappa shape index (κ1) is 12.8. The van der Waals surface area contributed by atoms with Gasteiger partial charge in [0.25, 0.3) is 0 Å². The molecule has 1 saturated carbocycles. The van der Waals surface area contributed by atoms with E-state index in [1.165, 1.54) is 19.3 Å². The van der Waals surface area contributed by atoms with Crippen molar-refractivity contribution in [1.82, 2.24) is 15.0 Å². The monoisotopic (exact) mass is 257 g/mol. The Morgan fingerprint density at radius 3 is 2.82 bits per heavy atom. The molecule has 0 aliphatic heterocycles. The second-order valence-electron chi connectivity index (χ2n) is 4.74. The van der Waals surface area contributed by atoms with E-state index in [0.29, 0.717) is 18.5 Å². The standard InChI is InChI=1S/C12H20ClN3O/c1-9(10-4-3-5-10)16-12(6-7-17-2)11(8-13)14-15-16/h9-10H,3-8H2,1-2H3. The molecule has 1 aliphatic carbocycles. The number of nitrogens with zero attached hydrogens (tertiary/aromatic N) is 3. The van der Waals surface area contributed by atoms with E-state index in [1.54, 1.807) is 7.11 Å². The van der Waals surface area contributed by atoms with Gasteiger partial charge in [-0.3, -0.25) is 0 Å². The van der Waals surface area contributed by atoms with Crippen LogP contribution in [0.2, 0.25) is 0 Å². The number of halogens is 1.